The molecule has 1 N–H and O–H groups in total. The van der Waals surface area contributed by atoms with Gasteiger partial charge in [0.15, 0.2) is 0 Å². The number of fused-ring (bicyclic) bond motifs is 1. The molecule has 7 nitrogen and oxygen atoms in total. The van der Waals surface area contributed by atoms with Gasteiger partial charge in [-0.3, -0.25) is 14.6 Å². The van der Waals surface area contributed by atoms with E-state index in [2.05, 4.69) is 19.7 Å². The lowest BCUT2D eigenvalue weighted by Crippen LogP contribution is -2.39. The first-order valence-electron chi connectivity index (χ1n) is 8.61. The molecule has 3 heterocycles. The van der Waals surface area contributed by atoms with Crippen molar-refractivity contribution < 1.29 is 8.42 Å². The number of nitrogens with one attached hydrogen (secondary N) is 1. The van der Waals surface area contributed by atoms with Gasteiger partial charge in [0.1, 0.15) is 0 Å². The molecule has 1 aliphatic rings. The average molecular weight is 363 g/mol. The second kappa shape index (κ2) is 7.63. The minimum atomic E-state index is -3.15. The smallest absolute Gasteiger partial charge is 0.211 e. The van der Waals surface area contributed by atoms with Crippen molar-refractivity contribution >= 4 is 10.0 Å². The molecule has 136 valence electrons. The first kappa shape index (κ1) is 18.0. The Kier molecular flexibility index (Phi) is 5.51. The highest BCUT2D eigenvalue weighted by atomic mass is 32.2. The summed E-state index contributed by atoms with van der Waals surface area (Å²) in [6.45, 7) is 6.51. The standard InChI is InChI=1S/C17H25N5O2S/c1-3-25(23,24)19-10-8-17-13-21(12-16-7-9-18-22(16)17)11-15-6-4-5-14(2)20-15/h4-7,9,17,19H,3,8,10-13H2,1-2H3/t17-/m1/s1. The predicted octanol–water partition coefficient (Wildman–Crippen LogP) is 1.47. The third-order valence-corrected chi connectivity index (χ3v) is 5.87. The van der Waals surface area contributed by atoms with Crippen LogP contribution in [0.1, 0.15) is 36.5 Å². The maximum atomic E-state index is 11.6. The second-order valence-electron chi connectivity index (χ2n) is 6.45. The molecule has 25 heavy (non-hydrogen) atoms. The SMILES string of the molecule is CCS(=O)(=O)NCC[C@@H]1CN(Cc2cccc(C)n2)Cc2ccnn21. The third kappa shape index (κ3) is 4.65. The van der Waals surface area contributed by atoms with E-state index in [1.54, 1.807) is 6.92 Å². The van der Waals surface area contributed by atoms with Crippen molar-refractivity contribution in [1.29, 1.82) is 0 Å². The Bertz CT molecular complexity index is 818. The molecular formula is C17H25N5O2S. The number of nitrogens with zero attached hydrogens (tertiary/aromatic N) is 4. The van der Waals surface area contributed by atoms with Gasteiger partial charge in [0.25, 0.3) is 0 Å². The first-order valence-corrected chi connectivity index (χ1v) is 10.3. The number of hydrogen-bond donors (Lipinski definition) is 1. The van der Waals surface area contributed by atoms with Gasteiger partial charge >= 0.3 is 0 Å². The maximum Gasteiger partial charge on any atom is 0.211 e. The largest absolute Gasteiger partial charge is 0.290 e. The number of pyridine rings is 1. The minimum Gasteiger partial charge on any atom is -0.290 e. The van der Waals surface area contributed by atoms with E-state index in [-0.39, 0.29) is 11.8 Å². The van der Waals surface area contributed by atoms with Gasteiger partial charge in [-0.05, 0) is 38.5 Å². The van der Waals surface area contributed by atoms with Gasteiger partial charge < -0.3 is 0 Å². The van der Waals surface area contributed by atoms with Gasteiger partial charge in [0.2, 0.25) is 10.0 Å². The summed E-state index contributed by atoms with van der Waals surface area (Å²) in [5.74, 6) is 0.107. The van der Waals surface area contributed by atoms with Crippen LogP contribution in [0, 0.1) is 6.92 Å². The Morgan fingerprint density at radius 3 is 2.92 bits per heavy atom. The Balaban J connectivity index is 1.67. The van der Waals surface area contributed by atoms with Gasteiger partial charge in [-0.1, -0.05) is 6.07 Å². The molecule has 0 amide bonds. The maximum absolute atomic E-state index is 11.6. The van der Waals surface area contributed by atoms with Crippen molar-refractivity contribution in [3.8, 4) is 0 Å². The topological polar surface area (TPSA) is 80.1 Å². The number of sulfonamides is 1. The average Bonchev–Trinajstić information content (AvgIpc) is 3.03. The van der Waals surface area contributed by atoms with Crippen molar-refractivity contribution in [3.63, 3.8) is 0 Å². The molecular weight excluding hydrogens is 338 g/mol. The van der Waals surface area contributed by atoms with Crippen LogP contribution in [-0.4, -0.2) is 46.9 Å². The minimum absolute atomic E-state index is 0.107. The molecule has 0 aliphatic carbocycles. The Morgan fingerprint density at radius 2 is 2.16 bits per heavy atom. The first-order chi connectivity index (χ1) is 12.0. The summed E-state index contributed by atoms with van der Waals surface area (Å²) >= 11 is 0. The van der Waals surface area contributed by atoms with E-state index in [0.29, 0.717) is 13.0 Å². The lowest BCUT2D eigenvalue weighted by molar-refractivity contribution is 0.160. The molecule has 0 saturated carbocycles. The highest BCUT2D eigenvalue weighted by molar-refractivity contribution is 7.89. The lowest BCUT2D eigenvalue weighted by atomic mass is 10.1. The van der Waals surface area contributed by atoms with Crippen LogP contribution in [0.25, 0.3) is 0 Å². The van der Waals surface area contributed by atoms with Crippen molar-refractivity contribution in [2.24, 2.45) is 0 Å². The number of aryl methyl sites for hydroxylation is 1. The molecule has 0 fully saturated rings. The van der Waals surface area contributed by atoms with E-state index in [1.807, 2.05) is 42.1 Å². The zero-order chi connectivity index (χ0) is 17.9. The molecule has 0 radical (unpaired) electrons. The summed E-state index contributed by atoms with van der Waals surface area (Å²) in [5, 5.41) is 4.43. The third-order valence-electron chi connectivity index (χ3n) is 4.46. The number of hydrogen-bond acceptors (Lipinski definition) is 5. The van der Waals surface area contributed by atoms with Crippen LogP contribution in [0.5, 0.6) is 0 Å². The predicted molar refractivity (Wildman–Crippen MR) is 96.4 cm³/mol. The monoisotopic (exact) mass is 363 g/mol. The van der Waals surface area contributed by atoms with E-state index in [9.17, 15) is 8.42 Å². The normalized spacial score (nSPS) is 18.2. The fourth-order valence-corrected chi connectivity index (χ4v) is 3.83. The molecule has 2 aromatic rings. The number of rotatable bonds is 7. The van der Waals surface area contributed by atoms with Gasteiger partial charge in [-0.15, -0.1) is 0 Å². The Hall–Kier alpha value is -1.77. The molecule has 0 aromatic carbocycles. The Morgan fingerprint density at radius 1 is 1.32 bits per heavy atom. The van der Waals surface area contributed by atoms with Crippen molar-refractivity contribution in [1.82, 2.24) is 24.4 Å². The van der Waals surface area contributed by atoms with Crippen LogP contribution in [0.2, 0.25) is 0 Å². The molecule has 8 heteroatoms. The fourth-order valence-electron chi connectivity index (χ4n) is 3.20. The Labute approximate surface area is 149 Å². The van der Waals surface area contributed by atoms with Gasteiger partial charge in [-0.2, -0.15) is 5.10 Å². The lowest BCUT2D eigenvalue weighted by Gasteiger charge is -2.33. The fraction of sp³-hybridized carbons (Fsp3) is 0.529. The summed E-state index contributed by atoms with van der Waals surface area (Å²) in [5.41, 5.74) is 3.23. The molecule has 1 atom stereocenters. The molecule has 0 unspecified atom stereocenters. The molecule has 0 spiro atoms. The summed E-state index contributed by atoms with van der Waals surface area (Å²) in [6, 6.07) is 8.26. The molecule has 2 aromatic heterocycles. The van der Waals surface area contributed by atoms with Crippen molar-refractivity contribution in [3.05, 3.63) is 47.5 Å². The van der Waals surface area contributed by atoms with E-state index in [0.717, 1.165) is 36.7 Å². The van der Waals surface area contributed by atoms with Crippen LogP contribution in [0.4, 0.5) is 0 Å². The van der Waals surface area contributed by atoms with Crippen LogP contribution in [0.3, 0.4) is 0 Å². The molecule has 1 aliphatic heterocycles. The highest BCUT2D eigenvalue weighted by Crippen LogP contribution is 2.23. The van der Waals surface area contributed by atoms with Gasteiger partial charge in [0.05, 0.1) is 23.2 Å². The second-order valence-corrected chi connectivity index (χ2v) is 8.54. The number of aromatic nitrogens is 3. The quantitative estimate of drug-likeness (QED) is 0.806. The summed E-state index contributed by atoms with van der Waals surface area (Å²) in [4.78, 5) is 6.93. The summed E-state index contributed by atoms with van der Waals surface area (Å²) in [6.07, 6.45) is 2.53. The summed E-state index contributed by atoms with van der Waals surface area (Å²) in [7, 11) is -3.15. The van der Waals surface area contributed by atoms with Crippen molar-refractivity contribution in [2.75, 3.05) is 18.8 Å². The zero-order valence-electron chi connectivity index (χ0n) is 14.7. The van der Waals surface area contributed by atoms with Crippen LogP contribution < -0.4 is 4.72 Å². The van der Waals surface area contributed by atoms with E-state index in [4.69, 9.17) is 0 Å². The van der Waals surface area contributed by atoms with Crippen LogP contribution in [-0.2, 0) is 23.1 Å². The highest BCUT2D eigenvalue weighted by Gasteiger charge is 2.25. The van der Waals surface area contributed by atoms with Gasteiger partial charge in [-0.25, -0.2) is 13.1 Å². The van der Waals surface area contributed by atoms with Crippen molar-refractivity contribution in [2.45, 2.75) is 39.4 Å². The molecule has 0 saturated heterocycles. The van der Waals surface area contributed by atoms with Crippen LogP contribution >= 0.6 is 0 Å². The molecule has 0 bridgehead atoms. The molecule has 3 rings (SSSR count). The van der Waals surface area contributed by atoms with E-state index < -0.39 is 10.0 Å². The van der Waals surface area contributed by atoms with E-state index in [1.165, 1.54) is 0 Å². The summed E-state index contributed by atoms with van der Waals surface area (Å²) < 4.78 is 27.9. The van der Waals surface area contributed by atoms with Crippen LogP contribution in [0.15, 0.2) is 30.5 Å². The van der Waals surface area contributed by atoms with E-state index >= 15 is 0 Å². The van der Waals surface area contributed by atoms with Gasteiger partial charge in [0, 0.05) is 38.1 Å². The zero-order valence-corrected chi connectivity index (χ0v) is 15.5.